The molecule has 0 aliphatic carbocycles. The van der Waals surface area contributed by atoms with Crippen LogP contribution >= 0.6 is 11.6 Å². The molecule has 118 valence electrons. The molecule has 1 aliphatic rings. The Kier molecular flexibility index (Phi) is 4.01. The van der Waals surface area contributed by atoms with Gasteiger partial charge in [-0.05, 0) is 37.6 Å². The summed E-state index contributed by atoms with van der Waals surface area (Å²) in [7, 11) is 0. The SMILES string of the molecule is Cc1ccc(Oc2cc3c(cc2Cl)C=C(C(=O)O)CO3)c(C)c1. The van der Waals surface area contributed by atoms with E-state index >= 15 is 0 Å². The number of aryl methyl sites for hydroxylation is 2. The molecule has 1 aliphatic heterocycles. The van der Waals surface area contributed by atoms with Crippen LogP contribution in [-0.4, -0.2) is 17.7 Å². The third kappa shape index (κ3) is 3.17. The van der Waals surface area contributed by atoms with Crippen LogP contribution in [0.25, 0.3) is 6.08 Å². The molecule has 0 aromatic heterocycles. The smallest absolute Gasteiger partial charge is 0.335 e. The van der Waals surface area contributed by atoms with Crippen molar-refractivity contribution in [1.82, 2.24) is 0 Å². The van der Waals surface area contributed by atoms with E-state index in [1.54, 1.807) is 18.2 Å². The summed E-state index contributed by atoms with van der Waals surface area (Å²) in [5.41, 5.74) is 2.98. The van der Waals surface area contributed by atoms with Gasteiger partial charge in [-0.25, -0.2) is 4.79 Å². The van der Waals surface area contributed by atoms with Crippen LogP contribution in [0.5, 0.6) is 17.2 Å². The lowest BCUT2D eigenvalue weighted by Gasteiger charge is -2.18. The number of ether oxygens (including phenoxy) is 2. The summed E-state index contributed by atoms with van der Waals surface area (Å²) in [5.74, 6) is 0.751. The van der Waals surface area contributed by atoms with Crippen LogP contribution in [0.3, 0.4) is 0 Å². The second kappa shape index (κ2) is 5.97. The number of benzene rings is 2. The maximum absolute atomic E-state index is 11.0. The normalized spacial score (nSPS) is 12.9. The lowest BCUT2D eigenvalue weighted by Crippen LogP contribution is -2.14. The van der Waals surface area contributed by atoms with Gasteiger partial charge in [0.05, 0.1) is 10.6 Å². The first kappa shape index (κ1) is 15.4. The maximum Gasteiger partial charge on any atom is 0.335 e. The molecule has 0 bridgehead atoms. The van der Waals surface area contributed by atoms with Crippen LogP contribution in [-0.2, 0) is 4.79 Å². The molecule has 2 aromatic carbocycles. The van der Waals surface area contributed by atoms with Crippen LogP contribution in [0.15, 0.2) is 35.9 Å². The summed E-state index contributed by atoms with van der Waals surface area (Å²) in [5, 5.41) is 9.43. The van der Waals surface area contributed by atoms with E-state index in [1.165, 1.54) is 0 Å². The molecule has 3 rings (SSSR count). The molecular formula is C18H15ClO4. The lowest BCUT2D eigenvalue weighted by molar-refractivity contribution is -0.132. The standard InChI is InChI=1S/C18H15ClO4/c1-10-3-4-15(11(2)5-10)23-17-8-16-12(7-14(17)19)6-13(9-22-16)18(20)21/h3-8H,9H2,1-2H3,(H,20,21). The minimum absolute atomic E-state index is 0.0208. The molecule has 5 heteroatoms. The topological polar surface area (TPSA) is 55.8 Å². The van der Waals surface area contributed by atoms with Gasteiger partial charge in [0, 0.05) is 11.6 Å². The quantitative estimate of drug-likeness (QED) is 0.892. The average Bonchev–Trinajstić information content (AvgIpc) is 2.50. The highest BCUT2D eigenvalue weighted by atomic mass is 35.5. The van der Waals surface area contributed by atoms with Gasteiger partial charge in [0.25, 0.3) is 0 Å². The van der Waals surface area contributed by atoms with Gasteiger partial charge < -0.3 is 14.6 Å². The van der Waals surface area contributed by atoms with Gasteiger partial charge in [-0.1, -0.05) is 29.3 Å². The highest BCUT2D eigenvalue weighted by Crippen LogP contribution is 2.39. The van der Waals surface area contributed by atoms with E-state index in [-0.39, 0.29) is 12.2 Å². The van der Waals surface area contributed by atoms with E-state index in [9.17, 15) is 4.79 Å². The fourth-order valence-corrected chi connectivity index (χ4v) is 2.62. The highest BCUT2D eigenvalue weighted by molar-refractivity contribution is 6.32. The molecule has 4 nitrogen and oxygen atoms in total. The fraction of sp³-hybridized carbons (Fsp3) is 0.167. The van der Waals surface area contributed by atoms with Crippen molar-refractivity contribution in [3.05, 3.63) is 57.6 Å². The van der Waals surface area contributed by atoms with Crippen LogP contribution in [0, 0.1) is 13.8 Å². The van der Waals surface area contributed by atoms with Gasteiger partial charge in [0.2, 0.25) is 0 Å². The van der Waals surface area contributed by atoms with Crippen molar-refractivity contribution < 1.29 is 19.4 Å². The molecule has 1 N–H and O–H groups in total. The number of hydrogen-bond acceptors (Lipinski definition) is 3. The summed E-state index contributed by atoms with van der Waals surface area (Å²) in [6.07, 6.45) is 1.56. The van der Waals surface area contributed by atoms with Crippen LogP contribution in [0.2, 0.25) is 5.02 Å². The first-order chi connectivity index (χ1) is 10.9. The predicted molar refractivity (Wildman–Crippen MR) is 88.5 cm³/mol. The molecule has 23 heavy (non-hydrogen) atoms. The molecule has 2 aromatic rings. The highest BCUT2D eigenvalue weighted by Gasteiger charge is 2.19. The maximum atomic E-state index is 11.0. The van der Waals surface area contributed by atoms with Gasteiger partial charge in [-0.15, -0.1) is 0 Å². The van der Waals surface area contributed by atoms with Crippen molar-refractivity contribution in [3.8, 4) is 17.2 Å². The van der Waals surface area contributed by atoms with Crippen molar-refractivity contribution in [2.75, 3.05) is 6.61 Å². The Balaban J connectivity index is 1.95. The van der Waals surface area contributed by atoms with E-state index in [0.29, 0.717) is 22.1 Å². The number of carboxylic acid groups (broad SMARTS) is 1. The van der Waals surface area contributed by atoms with Crippen LogP contribution < -0.4 is 9.47 Å². The number of carbonyl (C=O) groups is 1. The van der Waals surface area contributed by atoms with Gasteiger partial charge in [0.1, 0.15) is 23.9 Å². The minimum atomic E-state index is -0.998. The molecule has 1 heterocycles. The van der Waals surface area contributed by atoms with Crippen molar-refractivity contribution in [1.29, 1.82) is 0 Å². The Hall–Kier alpha value is -2.46. The minimum Gasteiger partial charge on any atom is -0.488 e. The summed E-state index contributed by atoms with van der Waals surface area (Å²) >= 11 is 6.26. The number of rotatable bonds is 3. The molecule has 0 radical (unpaired) electrons. The van der Waals surface area contributed by atoms with E-state index < -0.39 is 5.97 Å². The Labute approximate surface area is 138 Å². The van der Waals surface area contributed by atoms with Crippen LogP contribution in [0.4, 0.5) is 0 Å². The molecule has 0 fully saturated rings. The van der Waals surface area contributed by atoms with E-state index in [1.807, 2.05) is 32.0 Å². The zero-order chi connectivity index (χ0) is 16.6. The second-order valence-electron chi connectivity index (χ2n) is 5.45. The molecule has 0 amide bonds. The molecule has 0 saturated heterocycles. The number of fused-ring (bicyclic) bond motifs is 1. The number of halogens is 1. The predicted octanol–water partition coefficient (Wildman–Crippen LogP) is 4.61. The molecular weight excluding hydrogens is 316 g/mol. The van der Waals surface area contributed by atoms with E-state index in [0.717, 1.165) is 16.9 Å². The van der Waals surface area contributed by atoms with Gasteiger partial charge in [0.15, 0.2) is 0 Å². The summed E-state index contributed by atoms with van der Waals surface area (Å²) in [6, 6.07) is 9.22. The van der Waals surface area contributed by atoms with E-state index in [4.69, 9.17) is 26.2 Å². The third-order valence-electron chi connectivity index (χ3n) is 3.60. The van der Waals surface area contributed by atoms with Crippen molar-refractivity contribution >= 4 is 23.6 Å². The second-order valence-corrected chi connectivity index (χ2v) is 5.86. The fourth-order valence-electron chi connectivity index (χ4n) is 2.41. The largest absolute Gasteiger partial charge is 0.488 e. The lowest BCUT2D eigenvalue weighted by atomic mass is 10.1. The Morgan fingerprint density at radius 1 is 1.22 bits per heavy atom. The van der Waals surface area contributed by atoms with Crippen molar-refractivity contribution in [2.45, 2.75) is 13.8 Å². The summed E-state index contributed by atoms with van der Waals surface area (Å²) < 4.78 is 11.4. The van der Waals surface area contributed by atoms with Crippen LogP contribution in [0.1, 0.15) is 16.7 Å². The Morgan fingerprint density at radius 3 is 2.70 bits per heavy atom. The number of aliphatic carboxylic acids is 1. The average molecular weight is 331 g/mol. The first-order valence-corrected chi connectivity index (χ1v) is 7.47. The summed E-state index contributed by atoms with van der Waals surface area (Å²) in [4.78, 5) is 11.0. The van der Waals surface area contributed by atoms with Gasteiger partial charge >= 0.3 is 5.97 Å². The molecule has 0 unspecified atom stereocenters. The first-order valence-electron chi connectivity index (χ1n) is 7.09. The monoisotopic (exact) mass is 330 g/mol. The van der Waals surface area contributed by atoms with Crippen molar-refractivity contribution in [3.63, 3.8) is 0 Å². The summed E-state index contributed by atoms with van der Waals surface area (Å²) in [6.45, 7) is 4.00. The third-order valence-corrected chi connectivity index (χ3v) is 3.90. The van der Waals surface area contributed by atoms with Gasteiger partial charge in [-0.3, -0.25) is 0 Å². The Morgan fingerprint density at radius 2 is 2.00 bits per heavy atom. The number of carboxylic acids is 1. The number of hydrogen-bond donors (Lipinski definition) is 1. The molecule has 0 saturated carbocycles. The zero-order valence-corrected chi connectivity index (χ0v) is 13.5. The van der Waals surface area contributed by atoms with Crippen molar-refractivity contribution in [2.24, 2.45) is 0 Å². The Bertz CT molecular complexity index is 824. The van der Waals surface area contributed by atoms with E-state index in [2.05, 4.69) is 0 Å². The zero-order valence-electron chi connectivity index (χ0n) is 12.7. The molecule has 0 atom stereocenters. The van der Waals surface area contributed by atoms with Gasteiger partial charge in [-0.2, -0.15) is 0 Å². The molecule has 0 spiro atoms.